The molecule has 0 radical (unpaired) electrons. The molecule has 2 atom stereocenters. The molecular formula is C27H27BrN2O3S. The van der Waals surface area contributed by atoms with E-state index < -0.39 is 0 Å². The number of nitrogens with zero attached hydrogens (tertiary/aromatic N) is 2. The van der Waals surface area contributed by atoms with Gasteiger partial charge >= 0.3 is 0 Å². The number of aliphatic imine (C=N–C) groups is 1. The van der Waals surface area contributed by atoms with E-state index in [0.29, 0.717) is 26.8 Å². The van der Waals surface area contributed by atoms with Crippen LogP contribution in [0.4, 0.5) is 5.69 Å². The van der Waals surface area contributed by atoms with Crippen LogP contribution in [0.15, 0.2) is 56.8 Å². The maximum atomic E-state index is 13.7. The summed E-state index contributed by atoms with van der Waals surface area (Å²) in [6, 6.07) is 13.7. The van der Waals surface area contributed by atoms with Crippen molar-refractivity contribution in [2.45, 2.75) is 38.6 Å². The molecule has 1 aliphatic carbocycles. The van der Waals surface area contributed by atoms with E-state index >= 15 is 0 Å². The smallest absolute Gasteiger partial charge is 0.267 e. The molecule has 2 fully saturated rings. The SMILES string of the molecule is C#CCOc1c(Br)cc(/C=C2\SC(=Nc3ccccc3)N([C@@H]3CCCC[C@@H]3C)C2=O)cc1OC. The van der Waals surface area contributed by atoms with Crippen molar-refractivity contribution in [2.24, 2.45) is 10.9 Å². The molecule has 0 bridgehead atoms. The fourth-order valence-corrected chi connectivity index (χ4v) is 6.00. The third-order valence-corrected chi connectivity index (χ3v) is 7.64. The molecule has 1 aliphatic heterocycles. The number of amidine groups is 1. The second kappa shape index (κ2) is 11.2. The average Bonchev–Trinajstić information content (AvgIpc) is 3.13. The Hall–Kier alpha value is -2.69. The van der Waals surface area contributed by atoms with Crippen molar-refractivity contribution in [3.05, 3.63) is 57.4 Å². The molecule has 1 saturated heterocycles. The normalized spacial score (nSPS) is 22.8. The van der Waals surface area contributed by atoms with Gasteiger partial charge in [-0.25, -0.2) is 4.99 Å². The van der Waals surface area contributed by atoms with Gasteiger partial charge in [-0.05, 0) is 82.4 Å². The maximum Gasteiger partial charge on any atom is 0.267 e. The first kappa shape index (κ1) is 24.4. The van der Waals surface area contributed by atoms with Gasteiger partial charge in [-0.1, -0.05) is 43.9 Å². The van der Waals surface area contributed by atoms with E-state index in [1.807, 2.05) is 53.4 Å². The van der Waals surface area contributed by atoms with Crippen LogP contribution in [0.1, 0.15) is 38.2 Å². The molecule has 1 amide bonds. The fraction of sp³-hybridized carbons (Fsp3) is 0.333. The van der Waals surface area contributed by atoms with E-state index in [4.69, 9.17) is 20.9 Å². The van der Waals surface area contributed by atoms with Crippen molar-refractivity contribution in [2.75, 3.05) is 13.7 Å². The summed E-state index contributed by atoms with van der Waals surface area (Å²) in [5.41, 5.74) is 1.66. The van der Waals surface area contributed by atoms with E-state index in [9.17, 15) is 4.79 Å². The van der Waals surface area contributed by atoms with Crippen LogP contribution >= 0.6 is 27.7 Å². The van der Waals surface area contributed by atoms with Gasteiger partial charge in [0.15, 0.2) is 16.7 Å². The molecule has 1 heterocycles. The van der Waals surface area contributed by atoms with Gasteiger partial charge < -0.3 is 9.47 Å². The molecule has 0 unspecified atom stereocenters. The quantitative estimate of drug-likeness (QED) is 0.305. The first-order chi connectivity index (χ1) is 16.5. The van der Waals surface area contributed by atoms with Crippen molar-refractivity contribution in [3.63, 3.8) is 0 Å². The predicted molar refractivity (Wildman–Crippen MR) is 142 cm³/mol. The molecule has 5 nitrogen and oxygen atoms in total. The Balaban J connectivity index is 1.71. The molecule has 7 heteroatoms. The number of ether oxygens (including phenoxy) is 2. The lowest BCUT2D eigenvalue weighted by Gasteiger charge is -2.35. The monoisotopic (exact) mass is 538 g/mol. The number of para-hydroxylation sites is 1. The lowest BCUT2D eigenvalue weighted by Crippen LogP contribution is -2.44. The molecule has 1 saturated carbocycles. The number of hydrogen-bond donors (Lipinski definition) is 0. The van der Waals surface area contributed by atoms with Gasteiger partial charge in [0.1, 0.15) is 6.61 Å². The summed E-state index contributed by atoms with van der Waals surface area (Å²) in [7, 11) is 1.58. The van der Waals surface area contributed by atoms with Crippen LogP contribution < -0.4 is 9.47 Å². The van der Waals surface area contributed by atoms with Gasteiger partial charge in [-0.2, -0.15) is 0 Å². The minimum atomic E-state index is 0.00109. The number of carbonyl (C=O) groups excluding carboxylic acids is 1. The molecular weight excluding hydrogens is 512 g/mol. The largest absolute Gasteiger partial charge is 0.493 e. The zero-order valence-corrected chi connectivity index (χ0v) is 21.7. The van der Waals surface area contributed by atoms with E-state index in [1.165, 1.54) is 18.2 Å². The Kier molecular flexibility index (Phi) is 8.02. The Morgan fingerprint density at radius 3 is 2.74 bits per heavy atom. The van der Waals surface area contributed by atoms with E-state index in [2.05, 4.69) is 28.8 Å². The van der Waals surface area contributed by atoms with Crippen LogP contribution in [0.5, 0.6) is 11.5 Å². The molecule has 34 heavy (non-hydrogen) atoms. The van der Waals surface area contributed by atoms with Crippen molar-refractivity contribution < 1.29 is 14.3 Å². The summed E-state index contributed by atoms with van der Waals surface area (Å²) in [4.78, 5) is 21.1. The minimum absolute atomic E-state index is 0.00109. The standard InChI is InChI=1S/C27H27BrN2O3S/c1-4-14-33-25-21(28)15-19(16-23(25)32-3)17-24-26(31)30(22-13-9-8-10-18(22)2)27(34-24)29-20-11-6-5-7-12-20/h1,5-7,11-12,15-18,22H,8-10,13-14H2,2-3H3/b24-17-,29-27?/t18-,22+/m0/s1. The number of carbonyl (C=O) groups is 1. The highest BCUT2D eigenvalue weighted by molar-refractivity contribution is 9.10. The van der Waals surface area contributed by atoms with E-state index in [-0.39, 0.29) is 18.6 Å². The van der Waals surface area contributed by atoms with E-state index in [0.717, 1.165) is 35.7 Å². The minimum Gasteiger partial charge on any atom is -0.493 e. The van der Waals surface area contributed by atoms with Crippen molar-refractivity contribution in [3.8, 4) is 23.8 Å². The van der Waals surface area contributed by atoms with Crippen LogP contribution in [0, 0.1) is 18.3 Å². The number of thioether (sulfide) groups is 1. The van der Waals surface area contributed by atoms with Gasteiger partial charge in [0.25, 0.3) is 5.91 Å². The number of terminal acetylenes is 1. The molecule has 0 spiro atoms. The summed E-state index contributed by atoms with van der Waals surface area (Å²) in [5, 5.41) is 0.737. The van der Waals surface area contributed by atoms with E-state index in [1.54, 1.807) is 7.11 Å². The molecule has 4 rings (SSSR count). The summed E-state index contributed by atoms with van der Waals surface area (Å²) >= 11 is 4.97. The number of halogens is 1. The average molecular weight is 539 g/mol. The highest BCUT2D eigenvalue weighted by atomic mass is 79.9. The van der Waals surface area contributed by atoms with Crippen LogP contribution in [-0.2, 0) is 4.79 Å². The summed E-state index contributed by atoms with van der Waals surface area (Å²) < 4.78 is 11.8. The molecule has 2 aliphatic rings. The molecule has 0 N–H and O–H groups in total. The summed E-state index contributed by atoms with van der Waals surface area (Å²) in [6.45, 7) is 2.37. The number of amides is 1. The lowest BCUT2D eigenvalue weighted by molar-refractivity contribution is -0.124. The number of rotatable bonds is 6. The van der Waals surface area contributed by atoms with Crippen LogP contribution in [-0.4, -0.2) is 35.7 Å². The van der Waals surface area contributed by atoms with Crippen molar-refractivity contribution in [1.82, 2.24) is 4.90 Å². The Labute approximate surface area is 213 Å². The summed E-state index contributed by atoms with van der Waals surface area (Å²) in [6.07, 6.45) is 11.7. The number of methoxy groups -OCH3 is 1. The van der Waals surface area contributed by atoms with Crippen LogP contribution in [0.25, 0.3) is 6.08 Å². The third kappa shape index (κ3) is 5.34. The second-order valence-corrected chi connectivity index (χ2v) is 10.2. The van der Waals surface area contributed by atoms with Crippen molar-refractivity contribution >= 4 is 50.5 Å². The first-order valence-corrected chi connectivity index (χ1v) is 12.9. The number of benzene rings is 2. The predicted octanol–water partition coefficient (Wildman–Crippen LogP) is 6.65. The van der Waals surface area contributed by atoms with Crippen LogP contribution in [0.3, 0.4) is 0 Å². The molecule has 2 aromatic rings. The first-order valence-electron chi connectivity index (χ1n) is 11.3. The van der Waals surface area contributed by atoms with Crippen molar-refractivity contribution in [1.29, 1.82) is 0 Å². The zero-order valence-electron chi connectivity index (χ0n) is 19.3. The Morgan fingerprint density at radius 1 is 1.26 bits per heavy atom. The van der Waals surface area contributed by atoms with Gasteiger partial charge in [-0.15, -0.1) is 6.42 Å². The fourth-order valence-electron chi connectivity index (χ4n) is 4.38. The van der Waals surface area contributed by atoms with Gasteiger partial charge in [0.2, 0.25) is 0 Å². The molecule has 0 aromatic heterocycles. The van der Waals surface area contributed by atoms with Gasteiger partial charge in [-0.3, -0.25) is 9.69 Å². The second-order valence-electron chi connectivity index (χ2n) is 8.37. The topological polar surface area (TPSA) is 51.1 Å². The third-order valence-electron chi connectivity index (χ3n) is 6.07. The Morgan fingerprint density at radius 2 is 2.03 bits per heavy atom. The number of hydrogen-bond acceptors (Lipinski definition) is 5. The van der Waals surface area contributed by atoms with Gasteiger partial charge in [0, 0.05) is 6.04 Å². The summed E-state index contributed by atoms with van der Waals surface area (Å²) in [5.74, 6) is 3.98. The molecule has 176 valence electrons. The Bertz CT molecular complexity index is 1160. The van der Waals surface area contributed by atoms with Crippen LogP contribution in [0.2, 0.25) is 0 Å². The maximum absolute atomic E-state index is 13.7. The lowest BCUT2D eigenvalue weighted by atomic mass is 9.85. The molecule has 2 aromatic carbocycles. The highest BCUT2D eigenvalue weighted by Gasteiger charge is 2.41. The highest BCUT2D eigenvalue weighted by Crippen LogP contribution is 2.42. The zero-order chi connectivity index (χ0) is 24.1. The van der Waals surface area contributed by atoms with Gasteiger partial charge in [0.05, 0.1) is 22.2 Å².